The first-order valence-corrected chi connectivity index (χ1v) is 7.26. The molecule has 0 saturated carbocycles. The second kappa shape index (κ2) is 5.85. The van der Waals surface area contributed by atoms with E-state index >= 15 is 0 Å². The molecule has 20 heavy (non-hydrogen) atoms. The summed E-state index contributed by atoms with van der Waals surface area (Å²) in [5.74, 6) is -1.28. The summed E-state index contributed by atoms with van der Waals surface area (Å²) in [4.78, 5) is 12.2. The molecule has 2 aromatic carbocycles. The lowest BCUT2D eigenvalue weighted by atomic mass is 10.1. The van der Waals surface area contributed by atoms with Gasteiger partial charge in [-0.05, 0) is 68.6 Å². The molecular formula is C14H11Br2NO3. The molecule has 0 fully saturated rings. The van der Waals surface area contributed by atoms with Crippen LogP contribution in [0.2, 0.25) is 0 Å². The number of hydrogen-bond donors (Lipinski definition) is 3. The van der Waals surface area contributed by atoms with E-state index in [9.17, 15) is 15.0 Å². The van der Waals surface area contributed by atoms with Gasteiger partial charge in [0, 0.05) is 8.95 Å². The Labute approximate surface area is 132 Å². The number of halogens is 2. The molecule has 0 aliphatic rings. The van der Waals surface area contributed by atoms with Crippen molar-refractivity contribution in [2.45, 2.75) is 6.92 Å². The zero-order chi connectivity index (χ0) is 14.9. The van der Waals surface area contributed by atoms with Gasteiger partial charge in [-0.3, -0.25) is 4.79 Å². The summed E-state index contributed by atoms with van der Waals surface area (Å²) in [5.41, 5.74) is 1.59. The van der Waals surface area contributed by atoms with Crippen molar-refractivity contribution in [2.75, 3.05) is 5.32 Å². The lowest BCUT2D eigenvalue weighted by Gasteiger charge is -2.12. The minimum atomic E-state index is -0.511. The first-order chi connectivity index (χ1) is 9.40. The monoisotopic (exact) mass is 399 g/mol. The van der Waals surface area contributed by atoms with Crippen LogP contribution in [0.15, 0.2) is 39.3 Å². The minimum absolute atomic E-state index is 0.00405. The predicted molar refractivity (Wildman–Crippen MR) is 84.3 cm³/mol. The molecule has 0 radical (unpaired) electrons. The van der Waals surface area contributed by atoms with E-state index in [2.05, 4.69) is 37.2 Å². The van der Waals surface area contributed by atoms with Gasteiger partial charge in [0.25, 0.3) is 5.91 Å². The largest absolute Gasteiger partial charge is 0.504 e. The number of anilines is 1. The number of amides is 1. The summed E-state index contributed by atoms with van der Waals surface area (Å²) >= 11 is 6.75. The molecule has 0 unspecified atom stereocenters. The molecule has 2 rings (SSSR count). The smallest absolute Gasteiger partial charge is 0.259 e. The van der Waals surface area contributed by atoms with E-state index in [1.165, 1.54) is 18.2 Å². The van der Waals surface area contributed by atoms with Gasteiger partial charge in [0.2, 0.25) is 0 Å². The molecule has 0 bridgehead atoms. The maximum Gasteiger partial charge on any atom is 0.259 e. The van der Waals surface area contributed by atoms with Gasteiger partial charge in [0.05, 0.1) is 11.3 Å². The summed E-state index contributed by atoms with van der Waals surface area (Å²) < 4.78 is 1.44. The van der Waals surface area contributed by atoms with Gasteiger partial charge in [-0.15, -0.1) is 0 Å². The van der Waals surface area contributed by atoms with Gasteiger partial charge in [0.15, 0.2) is 11.5 Å². The van der Waals surface area contributed by atoms with Crippen molar-refractivity contribution in [1.82, 2.24) is 0 Å². The highest BCUT2D eigenvalue weighted by atomic mass is 79.9. The summed E-state index contributed by atoms with van der Waals surface area (Å²) in [7, 11) is 0. The van der Waals surface area contributed by atoms with E-state index in [-0.39, 0.29) is 11.3 Å². The summed E-state index contributed by atoms with van der Waals surface area (Å²) in [6.07, 6.45) is 0. The van der Waals surface area contributed by atoms with Crippen LogP contribution in [0.3, 0.4) is 0 Å². The zero-order valence-corrected chi connectivity index (χ0v) is 13.6. The first-order valence-electron chi connectivity index (χ1n) is 5.68. The number of para-hydroxylation sites is 1. The number of aryl methyl sites for hydroxylation is 1. The van der Waals surface area contributed by atoms with Crippen LogP contribution in [0, 0.1) is 6.92 Å². The van der Waals surface area contributed by atoms with Gasteiger partial charge in [-0.2, -0.15) is 0 Å². The standard InChI is InChI=1S/C14H11Br2NO3/c1-7-5-9(15)12(10(16)6-7)17-14(20)8-3-2-4-11(18)13(8)19/h2-6,18-19H,1H3,(H,17,20). The van der Waals surface area contributed by atoms with Gasteiger partial charge in [0.1, 0.15) is 0 Å². The van der Waals surface area contributed by atoms with Crippen LogP contribution in [0.25, 0.3) is 0 Å². The Hall–Kier alpha value is -1.53. The Morgan fingerprint density at radius 3 is 2.35 bits per heavy atom. The van der Waals surface area contributed by atoms with Gasteiger partial charge in [-0.1, -0.05) is 6.07 Å². The van der Waals surface area contributed by atoms with Crippen LogP contribution in [0.4, 0.5) is 5.69 Å². The summed E-state index contributed by atoms with van der Waals surface area (Å²) in [6.45, 7) is 1.93. The third kappa shape index (κ3) is 2.96. The fourth-order valence-electron chi connectivity index (χ4n) is 1.71. The molecule has 0 atom stereocenters. The molecule has 0 saturated heterocycles. The molecule has 4 nitrogen and oxygen atoms in total. The van der Waals surface area contributed by atoms with Crippen molar-refractivity contribution >= 4 is 43.5 Å². The quantitative estimate of drug-likeness (QED) is 0.662. The van der Waals surface area contributed by atoms with Gasteiger partial charge >= 0.3 is 0 Å². The van der Waals surface area contributed by atoms with Crippen molar-refractivity contribution in [2.24, 2.45) is 0 Å². The number of carbonyl (C=O) groups excluding carboxylic acids is 1. The number of phenolic OH excluding ortho intramolecular Hbond substituents is 2. The van der Waals surface area contributed by atoms with Crippen molar-refractivity contribution in [3.05, 3.63) is 50.4 Å². The second-order valence-corrected chi connectivity index (χ2v) is 5.94. The Morgan fingerprint density at radius 2 is 1.75 bits per heavy atom. The molecular weight excluding hydrogens is 390 g/mol. The number of benzene rings is 2. The van der Waals surface area contributed by atoms with Crippen LogP contribution in [0.5, 0.6) is 11.5 Å². The predicted octanol–water partition coefficient (Wildman–Crippen LogP) is 4.18. The fourth-order valence-corrected chi connectivity index (χ4v) is 3.33. The molecule has 1 amide bonds. The maximum absolute atomic E-state index is 12.2. The van der Waals surface area contributed by atoms with E-state index in [4.69, 9.17) is 0 Å². The molecule has 0 heterocycles. The Kier molecular flexibility index (Phi) is 4.35. The molecule has 2 aromatic rings. The molecule has 0 spiro atoms. The lowest BCUT2D eigenvalue weighted by molar-refractivity contribution is 0.102. The average molecular weight is 401 g/mol. The van der Waals surface area contributed by atoms with Crippen molar-refractivity contribution in [3.8, 4) is 11.5 Å². The number of nitrogens with one attached hydrogen (secondary N) is 1. The third-order valence-corrected chi connectivity index (χ3v) is 3.94. The highest BCUT2D eigenvalue weighted by Gasteiger charge is 2.16. The Bertz CT molecular complexity index is 663. The minimum Gasteiger partial charge on any atom is -0.504 e. The van der Waals surface area contributed by atoms with Crippen LogP contribution < -0.4 is 5.32 Å². The Morgan fingerprint density at radius 1 is 1.15 bits per heavy atom. The highest BCUT2D eigenvalue weighted by Crippen LogP contribution is 2.34. The van der Waals surface area contributed by atoms with Crippen molar-refractivity contribution < 1.29 is 15.0 Å². The highest BCUT2D eigenvalue weighted by molar-refractivity contribution is 9.11. The van der Waals surface area contributed by atoms with Crippen LogP contribution >= 0.6 is 31.9 Å². The topological polar surface area (TPSA) is 69.6 Å². The van der Waals surface area contributed by atoms with E-state index in [1.54, 1.807) is 0 Å². The van der Waals surface area contributed by atoms with Gasteiger partial charge < -0.3 is 15.5 Å². The van der Waals surface area contributed by atoms with E-state index in [0.29, 0.717) is 5.69 Å². The Balaban J connectivity index is 2.36. The zero-order valence-electron chi connectivity index (χ0n) is 10.4. The van der Waals surface area contributed by atoms with E-state index < -0.39 is 11.7 Å². The first kappa shape index (κ1) is 14.9. The normalized spacial score (nSPS) is 10.3. The second-order valence-electron chi connectivity index (χ2n) is 4.23. The summed E-state index contributed by atoms with van der Waals surface area (Å²) in [6, 6.07) is 7.96. The molecule has 0 aliphatic carbocycles. The molecule has 3 N–H and O–H groups in total. The van der Waals surface area contributed by atoms with Crippen LogP contribution in [-0.4, -0.2) is 16.1 Å². The van der Waals surface area contributed by atoms with Crippen LogP contribution in [0.1, 0.15) is 15.9 Å². The molecule has 0 aliphatic heterocycles. The number of rotatable bonds is 2. The molecule has 104 valence electrons. The SMILES string of the molecule is Cc1cc(Br)c(NC(=O)c2cccc(O)c2O)c(Br)c1. The molecule has 0 aromatic heterocycles. The summed E-state index contributed by atoms with van der Waals surface area (Å²) in [5, 5.41) is 21.8. The third-order valence-electron chi connectivity index (χ3n) is 2.68. The maximum atomic E-state index is 12.2. The average Bonchev–Trinajstić information content (AvgIpc) is 2.36. The van der Waals surface area contributed by atoms with E-state index in [1.807, 2.05) is 19.1 Å². The number of aromatic hydroxyl groups is 2. The van der Waals surface area contributed by atoms with E-state index in [0.717, 1.165) is 14.5 Å². The number of hydrogen-bond acceptors (Lipinski definition) is 3. The van der Waals surface area contributed by atoms with Crippen molar-refractivity contribution in [1.29, 1.82) is 0 Å². The van der Waals surface area contributed by atoms with Crippen LogP contribution in [-0.2, 0) is 0 Å². The van der Waals surface area contributed by atoms with Gasteiger partial charge in [-0.25, -0.2) is 0 Å². The van der Waals surface area contributed by atoms with Crippen molar-refractivity contribution in [3.63, 3.8) is 0 Å². The number of phenols is 2. The number of carbonyl (C=O) groups is 1. The fraction of sp³-hybridized carbons (Fsp3) is 0.0714. The lowest BCUT2D eigenvalue weighted by Crippen LogP contribution is -2.13. The molecule has 6 heteroatoms.